The molecule has 0 aromatic heterocycles. The van der Waals surface area contributed by atoms with E-state index in [1.54, 1.807) is 24.3 Å². The van der Waals surface area contributed by atoms with Crippen LogP contribution in [0, 0.1) is 13.8 Å². The van der Waals surface area contributed by atoms with Gasteiger partial charge in [-0.05, 0) is 55.2 Å². The second kappa shape index (κ2) is 7.64. The Balaban J connectivity index is 2.03. The van der Waals surface area contributed by atoms with E-state index >= 15 is 0 Å². The van der Waals surface area contributed by atoms with Gasteiger partial charge < -0.3 is 16.4 Å². The largest absolute Gasteiger partial charge is 0.352 e. The number of hydrogen-bond acceptors (Lipinski definition) is 2. The van der Waals surface area contributed by atoms with Crippen LogP contribution < -0.4 is 16.4 Å². The molecule has 2 aromatic rings. The topological polar surface area (TPSA) is 84.2 Å². The minimum atomic E-state index is -0.570. The monoisotopic (exact) mass is 325 g/mol. The minimum Gasteiger partial charge on any atom is -0.352 e. The molecule has 0 radical (unpaired) electrons. The standard InChI is InChI=1S/C19H23N3O2/c1-12-5-4-6-17(13(12)2)14(3)22-18(23)16-9-7-15(8-10-16)11-21-19(20)24/h4-10,14H,11H2,1-3H3,(H,22,23)(H3,20,21,24). The van der Waals surface area contributed by atoms with Gasteiger partial charge in [0.25, 0.3) is 5.91 Å². The summed E-state index contributed by atoms with van der Waals surface area (Å²) in [4.78, 5) is 23.1. The van der Waals surface area contributed by atoms with Crippen molar-refractivity contribution in [3.05, 3.63) is 70.3 Å². The lowest BCUT2D eigenvalue weighted by atomic mass is 9.98. The van der Waals surface area contributed by atoms with Crippen molar-refractivity contribution in [2.45, 2.75) is 33.4 Å². The third-order valence-electron chi connectivity index (χ3n) is 4.14. The third kappa shape index (κ3) is 4.35. The molecular formula is C19H23N3O2. The summed E-state index contributed by atoms with van der Waals surface area (Å²) < 4.78 is 0. The summed E-state index contributed by atoms with van der Waals surface area (Å²) in [6, 6.07) is 12.5. The minimum absolute atomic E-state index is 0.0754. The summed E-state index contributed by atoms with van der Waals surface area (Å²) in [5, 5.41) is 5.54. The van der Waals surface area contributed by atoms with Gasteiger partial charge in [0.15, 0.2) is 0 Å². The Labute approximate surface area is 142 Å². The van der Waals surface area contributed by atoms with E-state index in [1.165, 1.54) is 11.1 Å². The molecule has 0 spiro atoms. The fourth-order valence-electron chi connectivity index (χ4n) is 2.56. The SMILES string of the molecule is Cc1cccc(C(C)NC(=O)c2ccc(CNC(N)=O)cc2)c1C. The molecule has 3 amide bonds. The van der Waals surface area contributed by atoms with Crippen LogP contribution >= 0.6 is 0 Å². The molecule has 0 aliphatic heterocycles. The van der Waals surface area contributed by atoms with Gasteiger partial charge in [0.05, 0.1) is 6.04 Å². The number of nitrogens with one attached hydrogen (secondary N) is 2. The fourth-order valence-corrected chi connectivity index (χ4v) is 2.56. The number of rotatable bonds is 5. The number of hydrogen-bond donors (Lipinski definition) is 3. The molecule has 2 rings (SSSR count). The van der Waals surface area contributed by atoms with Gasteiger partial charge in [0, 0.05) is 12.1 Å². The Morgan fingerprint density at radius 2 is 1.75 bits per heavy atom. The first-order valence-corrected chi connectivity index (χ1v) is 7.87. The van der Waals surface area contributed by atoms with Crippen LogP contribution in [0.3, 0.4) is 0 Å². The average molecular weight is 325 g/mol. The van der Waals surface area contributed by atoms with Crippen LogP contribution in [0.5, 0.6) is 0 Å². The number of nitrogens with two attached hydrogens (primary N) is 1. The van der Waals surface area contributed by atoms with E-state index in [9.17, 15) is 9.59 Å². The predicted molar refractivity (Wildman–Crippen MR) is 94.7 cm³/mol. The number of amides is 3. The van der Waals surface area contributed by atoms with Crippen molar-refractivity contribution in [1.82, 2.24) is 10.6 Å². The lowest BCUT2D eigenvalue weighted by Crippen LogP contribution is -2.29. The van der Waals surface area contributed by atoms with Crippen LogP contribution in [0.1, 0.15) is 45.6 Å². The molecule has 0 saturated heterocycles. The molecule has 1 unspecified atom stereocenters. The van der Waals surface area contributed by atoms with E-state index in [-0.39, 0.29) is 11.9 Å². The summed E-state index contributed by atoms with van der Waals surface area (Å²) in [5.41, 5.74) is 10.0. The maximum atomic E-state index is 12.4. The summed E-state index contributed by atoms with van der Waals surface area (Å²) in [5.74, 6) is -0.127. The molecular weight excluding hydrogens is 302 g/mol. The van der Waals surface area contributed by atoms with Crippen molar-refractivity contribution >= 4 is 11.9 Å². The zero-order chi connectivity index (χ0) is 17.7. The van der Waals surface area contributed by atoms with Crippen LogP contribution in [0.4, 0.5) is 4.79 Å². The smallest absolute Gasteiger partial charge is 0.312 e. The van der Waals surface area contributed by atoms with Gasteiger partial charge in [-0.3, -0.25) is 4.79 Å². The number of urea groups is 1. The maximum absolute atomic E-state index is 12.4. The molecule has 0 bridgehead atoms. The van der Waals surface area contributed by atoms with Gasteiger partial charge in [-0.25, -0.2) is 4.79 Å². The first-order valence-electron chi connectivity index (χ1n) is 7.87. The molecule has 4 N–H and O–H groups in total. The number of carbonyl (C=O) groups excluding carboxylic acids is 2. The van der Waals surface area contributed by atoms with Crippen LogP contribution in [0.25, 0.3) is 0 Å². The van der Waals surface area contributed by atoms with E-state index in [2.05, 4.69) is 30.5 Å². The zero-order valence-corrected chi connectivity index (χ0v) is 14.2. The second-order valence-corrected chi connectivity index (χ2v) is 5.90. The Morgan fingerprint density at radius 3 is 2.38 bits per heavy atom. The summed E-state index contributed by atoms with van der Waals surface area (Å²) in [6.45, 7) is 6.45. The molecule has 1 atom stereocenters. The van der Waals surface area contributed by atoms with Gasteiger partial charge >= 0.3 is 6.03 Å². The van der Waals surface area contributed by atoms with Crippen LogP contribution in [0.2, 0.25) is 0 Å². The average Bonchev–Trinajstić information content (AvgIpc) is 2.55. The van der Waals surface area contributed by atoms with Crippen molar-refractivity contribution in [1.29, 1.82) is 0 Å². The molecule has 0 aliphatic rings. The molecule has 126 valence electrons. The van der Waals surface area contributed by atoms with E-state index in [1.807, 2.05) is 19.1 Å². The lowest BCUT2D eigenvalue weighted by molar-refractivity contribution is 0.0939. The van der Waals surface area contributed by atoms with Gasteiger partial charge in [0.1, 0.15) is 0 Å². The van der Waals surface area contributed by atoms with E-state index < -0.39 is 6.03 Å². The van der Waals surface area contributed by atoms with Gasteiger partial charge in [-0.15, -0.1) is 0 Å². The molecule has 0 saturated carbocycles. The Kier molecular flexibility index (Phi) is 5.58. The number of benzene rings is 2. The van der Waals surface area contributed by atoms with Crippen molar-refractivity contribution in [3.8, 4) is 0 Å². The third-order valence-corrected chi connectivity index (χ3v) is 4.14. The fraction of sp³-hybridized carbons (Fsp3) is 0.263. The van der Waals surface area contributed by atoms with E-state index in [0.717, 1.165) is 11.1 Å². The molecule has 0 fully saturated rings. The highest BCUT2D eigenvalue weighted by atomic mass is 16.2. The Bertz CT molecular complexity index is 739. The molecule has 24 heavy (non-hydrogen) atoms. The second-order valence-electron chi connectivity index (χ2n) is 5.90. The van der Waals surface area contributed by atoms with Gasteiger partial charge in [-0.2, -0.15) is 0 Å². The van der Waals surface area contributed by atoms with Crippen molar-refractivity contribution in [2.24, 2.45) is 5.73 Å². The van der Waals surface area contributed by atoms with Crippen LogP contribution in [-0.4, -0.2) is 11.9 Å². The lowest BCUT2D eigenvalue weighted by Gasteiger charge is -2.18. The first kappa shape index (κ1) is 17.5. The Morgan fingerprint density at radius 1 is 1.08 bits per heavy atom. The molecule has 5 nitrogen and oxygen atoms in total. The first-order chi connectivity index (χ1) is 11.4. The normalized spacial score (nSPS) is 11.6. The molecule has 0 aliphatic carbocycles. The van der Waals surface area contributed by atoms with Crippen LogP contribution in [0.15, 0.2) is 42.5 Å². The van der Waals surface area contributed by atoms with Crippen molar-refractivity contribution < 1.29 is 9.59 Å². The van der Waals surface area contributed by atoms with Crippen LogP contribution in [-0.2, 0) is 6.54 Å². The highest BCUT2D eigenvalue weighted by Gasteiger charge is 2.13. The highest BCUT2D eigenvalue weighted by Crippen LogP contribution is 2.20. The predicted octanol–water partition coefficient (Wildman–Crippen LogP) is 2.96. The maximum Gasteiger partial charge on any atom is 0.312 e. The van der Waals surface area contributed by atoms with Crippen molar-refractivity contribution in [2.75, 3.05) is 0 Å². The number of aryl methyl sites for hydroxylation is 1. The van der Waals surface area contributed by atoms with E-state index in [4.69, 9.17) is 5.73 Å². The van der Waals surface area contributed by atoms with Gasteiger partial charge in [-0.1, -0.05) is 30.3 Å². The number of carbonyl (C=O) groups is 2. The molecule has 0 heterocycles. The van der Waals surface area contributed by atoms with Gasteiger partial charge in [0.2, 0.25) is 0 Å². The molecule has 2 aromatic carbocycles. The van der Waals surface area contributed by atoms with Crippen molar-refractivity contribution in [3.63, 3.8) is 0 Å². The summed E-state index contributed by atoms with van der Waals surface area (Å²) in [7, 11) is 0. The quantitative estimate of drug-likeness (QED) is 0.789. The summed E-state index contributed by atoms with van der Waals surface area (Å²) >= 11 is 0. The molecule has 5 heteroatoms. The zero-order valence-electron chi connectivity index (χ0n) is 14.2. The highest BCUT2D eigenvalue weighted by molar-refractivity contribution is 5.94. The van der Waals surface area contributed by atoms with E-state index in [0.29, 0.717) is 12.1 Å². The summed E-state index contributed by atoms with van der Waals surface area (Å²) in [6.07, 6.45) is 0. The Hall–Kier alpha value is -2.82. The number of primary amides is 1.